The Morgan fingerprint density at radius 1 is 1.18 bits per heavy atom. The molecule has 0 radical (unpaired) electrons. The predicted octanol–water partition coefficient (Wildman–Crippen LogP) is 3.93. The Hall–Kier alpha value is -1.95. The Bertz CT molecular complexity index is 701. The molecule has 1 heterocycles. The average Bonchev–Trinajstić information content (AvgIpc) is 2.41. The lowest BCUT2D eigenvalue weighted by Gasteiger charge is -2.11. The topological polar surface area (TPSA) is 66.9 Å². The smallest absolute Gasteiger partial charge is 0.274 e. The lowest BCUT2D eigenvalue weighted by Crippen LogP contribution is -2.18. The van der Waals surface area contributed by atoms with Crippen molar-refractivity contribution in [2.45, 2.75) is 33.7 Å². The molecule has 0 fully saturated rings. The molecule has 0 aliphatic rings. The molecule has 5 nitrogen and oxygen atoms in total. The van der Waals surface area contributed by atoms with Gasteiger partial charge in [-0.05, 0) is 57.5 Å². The van der Waals surface area contributed by atoms with Gasteiger partial charge in [-0.2, -0.15) is 0 Å². The van der Waals surface area contributed by atoms with Crippen LogP contribution < -0.4 is 10.6 Å². The van der Waals surface area contributed by atoms with E-state index in [0.29, 0.717) is 11.6 Å². The predicted molar refractivity (Wildman–Crippen MR) is 92.4 cm³/mol. The van der Waals surface area contributed by atoms with Gasteiger partial charge in [-0.15, -0.1) is 0 Å². The van der Waals surface area contributed by atoms with Crippen LogP contribution in [0.25, 0.3) is 0 Å². The number of hydrogen-bond donors (Lipinski definition) is 2. The van der Waals surface area contributed by atoms with Crippen LogP contribution in [-0.4, -0.2) is 21.9 Å². The molecule has 1 aromatic heterocycles. The molecule has 0 aliphatic carbocycles. The second-order valence-corrected chi connectivity index (χ2v) is 6.29. The van der Waals surface area contributed by atoms with Crippen LogP contribution in [0.3, 0.4) is 0 Å². The quantitative estimate of drug-likeness (QED) is 0.864. The first-order valence-electron chi connectivity index (χ1n) is 7.05. The van der Waals surface area contributed by atoms with Gasteiger partial charge in [0.1, 0.15) is 5.69 Å². The molecule has 6 heteroatoms. The van der Waals surface area contributed by atoms with E-state index in [1.54, 1.807) is 6.07 Å². The van der Waals surface area contributed by atoms with Gasteiger partial charge in [0.25, 0.3) is 5.91 Å². The van der Waals surface area contributed by atoms with E-state index in [0.717, 1.165) is 21.4 Å². The zero-order valence-electron chi connectivity index (χ0n) is 13.1. The highest BCUT2D eigenvalue weighted by Crippen LogP contribution is 2.20. The van der Waals surface area contributed by atoms with Crippen LogP contribution >= 0.6 is 15.9 Å². The molecule has 0 bridgehead atoms. The first-order chi connectivity index (χ1) is 10.3. The number of carbonyl (C=O) groups is 1. The number of amides is 1. The molecule has 1 amide bonds. The SMILES string of the molecule is Cc1cc(C(=O)Nc2ccc(Br)c(C)c2)nc(NC(C)C)n1. The molecule has 0 unspecified atom stereocenters. The first kappa shape index (κ1) is 16.4. The molecule has 2 aromatic rings. The maximum atomic E-state index is 12.4. The summed E-state index contributed by atoms with van der Waals surface area (Å²) in [6.45, 7) is 7.80. The van der Waals surface area contributed by atoms with Crippen LogP contribution in [0.15, 0.2) is 28.7 Å². The number of aromatic nitrogens is 2. The van der Waals surface area contributed by atoms with Crippen molar-refractivity contribution in [3.05, 3.63) is 45.7 Å². The van der Waals surface area contributed by atoms with E-state index in [1.807, 2.05) is 45.9 Å². The highest BCUT2D eigenvalue weighted by molar-refractivity contribution is 9.10. The van der Waals surface area contributed by atoms with Gasteiger partial charge in [0.2, 0.25) is 5.95 Å². The van der Waals surface area contributed by atoms with E-state index in [4.69, 9.17) is 0 Å². The number of benzene rings is 1. The molecule has 2 N–H and O–H groups in total. The molecule has 0 atom stereocenters. The van der Waals surface area contributed by atoms with Gasteiger partial charge in [0.05, 0.1) is 0 Å². The molecular formula is C16H19BrN4O. The number of hydrogen-bond acceptors (Lipinski definition) is 4. The fraction of sp³-hybridized carbons (Fsp3) is 0.312. The van der Waals surface area contributed by atoms with E-state index in [1.165, 1.54) is 0 Å². The van der Waals surface area contributed by atoms with E-state index in [9.17, 15) is 4.79 Å². The number of carbonyl (C=O) groups excluding carboxylic acids is 1. The molecule has 0 saturated heterocycles. The second-order valence-electron chi connectivity index (χ2n) is 5.44. The average molecular weight is 363 g/mol. The number of rotatable bonds is 4. The van der Waals surface area contributed by atoms with Crippen LogP contribution in [0.1, 0.15) is 35.6 Å². The van der Waals surface area contributed by atoms with Crippen LogP contribution in [-0.2, 0) is 0 Å². The van der Waals surface area contributed by atoms with Crippen molar-refractivity contribution in [3.8, 4) is 0 Å². The van der Waals surface area contributed by atoms with Gasteiger partial charge >= 0.3 is 0 Å². The molecule has 0 aliphatic heterocycles. The molecule has 1 aromatic carbocycles. The van der Waals surface area contributed by atoms with Gasteiger partial charge < -0.3 is 10.6 Å². The fourth-order valence-electron chi connectivity index (χ4n) is 1.93. The summed E-state index contributed by atoms with van der Waals surface area (Å²) in [5.41, 5.74) is 2.88. The Morgan fingerprint density at radius 2 is 1.91 bits per heavy atom. The number of anilines is 2. The Balaban J connectivity index is 2.21. The summed E-state index contributed by atoms with van der Waals surface area (Å²) in [7, 11) is 0. The van der Waals surface area contributed by atoms with Gasteiger partial charge in [-0.3, -0.25) is 4.79 Å². The molecule has 2 rings (SSSR count). The molecule has 22 heavy (non-hydrogen) atoms. The van der Waals surface area contributed by atoms with Crippen molar-refractivity contribution in [1.82, 2.24) is 9.97 Å². The van der Waals surface area contributed by atoms with Gasteiger partial charge in [-0.25, -0.2) is 9.97 Å². The highest BCUT2D eigenvalue weighted by Gasteiger charge is 2.12. The minimum atomic E-state index is -0.251. The zero-order valence-corrected chi connectivity index (χ0v) is 14.7. The van der Waals surface area contributed by atoms with Gasteiger partial charge in [0, 0.05) is 21.9 Å². The van der Waals surface area contributed by atoms with E-state index in [2.05, 4.69) is 36.5 Å². The van der Waals surface area contributed by atoms with Crippen molar-refractivity contribution in [2.24, 2.45) is 0 Å². The number of halogens is 1. The van der Waals surface area contributed by atoms with E-state index >= 15 is 0 Å². The van der Waals surface area contributed by atoms with Crippen molar-refractivity contribution >= 4 is 33.5 Å². The highest BCUT2D eigenvalue weighted by atomic mass is 79.9. The van der Waals surface area contributed by atoms with Crippen molar-refractivity contribution in [3.63, 3.8) is 0 Å². The Labute approximate surface area is 138 Å². The summed E-state index contributed by atoms with van der Waals surface area (Å²) in [5.74, 6) is 0.214. The van der Waals surface area contributed by atoms with Gasteiger partial charge in [0.15, 0.2) is 0 Å². The summed E-state index contributed by atoms with van der Waals surface area (Å²) in [6, 6.07) is 7.53. The maximum Gasteiger partial charge on any atom is 0.274 e. The maximum absolute atomic E-state index is 12.4. The van der Waals surface area contributed by atoms with Gasteiger partial charge in [-0.1, -0.05) is 15.9 Å². The van der Waals surface area contributed by atoms with Crippen LogP contribution in [0.4, 0.5) is 11.6 Å². The third-order valence-electron chi connectivity index (χ3n) is 2.92. The summed E-state index contributed by atoms with van der Waals surface area (Å²) in [4.78, 5) is 20.9. The fourth-order valence-corrected chi connectivity index (χ4v) is 2.17. The largest absolute Gasteiger partial charge is 0.352 e. The van der Waals surface area contributed by atoms with E-state index < -0.39 is 0 Å². The Morgan fingerprint density at radius 3 is 2.55 bits per heavy atom. The standard InChI is InChI=1S/C16H19BrN4O/c1-9(2)18-16-19-11(4)8-14(21-16)15(22)20-12-5-6-13(17)10(3)7-12/h5-9H,1-4H3,(H,20,22)(H,18,19,21). The molecule has 0 saturated carbocycles. The summed E-state index contributed by atoms with van der Waals surface area (Å²) in [5, 5.41) is 5.97. The van der Waals surface area contributed by atoms with Crippen molar-refractivity contribution in [2.75, 3.05) is 10.6 Å². The summed E-state index contributed by atoms with van der Waals surface area (Å²) >= 11 is 3.44. The first-order valence-corrected chi connectivity index (χ1v) is 7.84. The second kappa shape index (κ2) is 6.87. The number of aryl methyl sites for hydroxylation is 2. The van der Waals surface area contributed by atoms with Crippen LogP contribution in [0.5, 0.6) is 0 Å². The summed E-state index contributed by atoms with van der Waals surface area (Å²) in [6.07, 6.45) is 0. The molecule has 116 valence electrons. The lowest BCUT2D eigenvalue weighted by atomic mass is 10.2. The van der Waals surface area contributed by atoms with E-state index in [-0.39, 0.29) is 11.9 Å². The lowest BCUT2D eigenvalue weighted by molar-refractivity contribution is 0.102. The van der Waals surface area contributed by atoms with Crippen LogP contribution in [0.2, 0.25) is 0 Å². The minimum Gasteiger partial charge on any atom is -0.352 e. The number of nitrogens with zero attached hydrogens (tertiary/aromatic N) is 2. The normalized spacial score (nSPS) is 10.6. The Kier molecular flexibility index (Phi) is 5.13. The number of nitrogens with one attached hydrogen (secondary N) is 2. The monoisotopic (exact) mass is 362 g/mol. The minimum absolute atomic E-state index is 0.201. The van der Waals surface area contributed by atoms with Crippen LogP contribution in [0, 0.1) is 13.8 Å². The van der Waals surface area contributed by atoms with Crippen molar-refractivity contribution in [1.29, 1.82) is 0 Å². The summed E-state index contributed by atoms with van der Waals surface area (Å²) < 4.78 is 1.01. The van der Waals surface area contributed by atoms with Crippen molar-refractivity contribution < 1.29 is 4.79 Å². The molecular weight excluding hydrogens is 344 g/mol. The molecule has 0 spiro atoms. The third kappa shape index (κ3) is 4.27. The zero-order chi connectivity index (χ0) is 16.3. The third-order valence-corrected chi connectivity index (χ3v) is 3.81.